The summed E-state index contributed by atoms with van der Waals surface area (Å²) in [6, 6.07) is 5.16. The molecular formula is C12H15F2NO. The molecular weight excluding hydrogens is 212 g/mol. The molecule has 0 aromatic heterocycles. The molecule has 0 heterocycles. The number of alkyl halides is 2. The molecule has 1 rings (SSSR count). The fourth-order valence-electron chi connectivity index (χ4n) is 1.51. The van der Waals surface area contributed by atoms with Crippen LogP contribution in [-0.2, 0) is 5.92 Å². The lowest BCUT2D eigenvalue weighted by atomic mass is 9.97. The minimum absolute atomic E-state index is 0.0776. The Bertz CT molecular complexity index is 371. The zero-order valence-electron chi connectivity index (χ0n) is 9.34. The standard InChI is InChI=1S/C12H15F2NO/c1-8(2)7-12(13,14)10-5-3-9(4-6-10)11(15)16/h3-6,8H,7H2,1-2H3,(H2,15,16). The van der Waals surface area contributed by atoms with Gasteiger partial charge in [0.05, 0.1) is 0 Å². The number of nitrogens with two attached hydrogens (primary N) is 1. The minimum atomic E-state index is -2.86. The summed E-state index contributed by atoms with van der Waals surface area (Å²) in [6.07, 6.45) is -0.205. The maximum absolute atomic E-state index is 13.6. The molecule has 0 aliphatic rings. The van der Waals surface area contributed by atoms with Crippen LogP contribution >= 0.6 is 0 Å². The molecule has 0 bridgehead atoms. The van der Waals surface area contributed by atoms with Gasteiger partial charge in [-0.05, 0) is 18.1 Å². The van der Waals surface area contributed by atoms with E-state index < -0.39 is 11.8 Å². The van der Waals surface area contributed by atoms with E-state index in [1.807, 2.05) is 0 Å². The molecule has 0 radical (unpaired) electrons. The molecule has 4 heteroatoms. The largest absolute Gasteiger partial charge is 0.366 e. The van der Waals surface area contributed by atoms with Gasteiger partial charge in [0.2, 0.25) is 5.91 Å². The average molecular weight is 227 g/mol. The molecule has 0 atom stereocenters. The summed E-state index contributed by atoms with van der Waals surface area (Å²) < 4.78 is 27.2. The topological polar surface area (TPSA) is 43.1 Å². The van der Waals surface area contributed by atoms with E-state index in [9.17, 15) is 13.6 Å². The first-order valence-corrected chi connectivity index (χ1v) is 5.11. The number of carbonyl (C=O) groups excluding carboxylic acids is 1. The summed E-state index contributed by atoms with van der Waals surface area (Å²) >= 11 is 0. The zero-order valence-corrected chi connectivity index (χ0v) is 9.34. The molecule has 16 heavy (non-hydrogen) atoms. The quantitative estimate of drug-likeness (QED) is 0.844. The Balaban J connectivity index is 2.92. The smallest absolute Gasteiger partial charge is 0.273 e. The van der Waals surface area contributed by atoms with Gasteiger partial charge < -0.3 is 5.73 Å². The lowest BCUT2D eigenvalue weighted by molar-refractivity contribution is -0.0249. The summed E-state index contributed by atoms with van der Waals surface area (Å²) in [5.74, 6) is -3.56. The van der Waals surface area contributed by atoms with Crippen LogP contribution in [0.2, 0.25) is 0 Å². The van der Waals surface area contributed by atoms with Crippen molar-refractivity contribution in [2.24, 2.45) is 11.7 Å². The second kappa shape index (κ2) is 4.60. The van der Waals surface area contributed by atoms with Gasteiger partial charge in [0, 0.05) is 17.5 Å². The highest BCUT2D eigenvalue weighted by molar-refractivity contribution is 5.92. The van der Waals surface area contributed by atoms with E-state index in [0.717, 1.165) is 0 Å². The fraction of sp³-hybridized carbons (Fsp3) is 0.417. The average Bonchev–Trinajstić information content (AvgIpc) is 2.16. The number of carbonyl (C=O) groups is 1. The molecule has 88 valence electrons. The Labute approximate surface area is 93.5 Å². The van der Waals surface area contributed by atoms with Gasteiger partial charge in [-0.2, -0.15) is 0 Å². The molecule has 2 nitrogen and oxygen atoms in total. The lowest BCUT2D eigenvalue weighted by Gasteiger charge is -2.18. The predicted molar refractivity (Wildman–Crippen MR) is 58.3 cm³/mol. The van der Waals surface area contributed by atoms with E-state index >= 15 is 0 Å². The van der Waals surface area contributed by atoms with Crippen molar-refractivity contribution in [2.45, 2.75) is 26.2 Å². The molecule has 1 aromatic carbocycles. The van der Waals surface area contributed by atoms with Crippen molar-refractivity contribution in [3.8, 4) is 0 Å². The summed E-state index contributed by atoms with van der Waals surface area (Å²) in [4.78, 5) is 10.8. The Hall–Kier alpha value is -1.45. The number of hydrogen-bond acceptors (Lipinski definition) is 1. The van der Waals surface area contributed by atoms with Gasteiger partial charge in [-0.25, -0.2) is 8.78 Å². The molecule has 0 aliphatic heterocycles. The third-order valence-corrected chi connectivity index (χ3v) is 2.26. The minimum Gasteiger partial charge on any atom is -0.366 e. The van der Waals surface area contributed by atoms with Crippen molar-refractivity contribution in [1.29, 1.82) is 0 Å². The first kappa shape index (κ1) is 12.6. The van der Waals surface area contributed by atoms with E-state index in [4.69, 9.17) is 5.73 Å². The number of halogens is 2. The van der Waals surface area contributed by atoms with E-state index in [-0.39, 0.29) is 23.5 Å². The molecule has 0 spiro atoms. The highest BCUT2D eigenvalue weighted by Crippen LogP contribution is 2.34. The first-order valence-electron chi connectivity index (χ1n) is 5.11. The molecule has 1 aromatic rings. The number of amides is 1. The van der Waals surface area contributed by atoms with Crippen LogP contribution in [0.25, 0.3) is 0 Å². The second-order valence-corrected chi connectivity index (χ2v) is 4.24. The normalized spacial score (nSPS) is 11.8. The van der Waals surface area contributed by atoms with Crippen LogP contribution in [0.3, 0.4) is 0 Å². The van der Waals surface area contributed by atoms with Crippen molar-refractivity contribution >= 4 is 5.91 Å². The van der Waals surface area contributed by atoms with Gasteiger partial charge in [-0.1, -0.05) is 26.0 Å². The molecule has 2 N–H and O–H groups in total. The van der Waals surface area contributed by atoms with Crippen molar-refractivity contribution < 1.29 is 13.6 Å². The summed E-state index contributed by atoms with van der Waals surface area (Å²) in [7, 11) is 0. The van der Waals surface area contributed by atoms with Gasteiger partial charge in [0.15, 0.2) is 0 Å². The molecule has 0 saturated carbocycles. The highest BCUT2D eigenvalue weighted by atomic mass is 19.3. The molecule has 1 amide bonds. The Morgan fingerprint density at radius 1 is 1.31 bits per heavy atom. The number of rotatable bonds is 4. The van der Waals surface area contributed by atoms with E-state index in [2.05, 4.69) is 0 Å². The van der Waals surface area contributed by atoms with Crippen LogP contribution in [0, 0.1) is 5.92 Å². The monoisotopic (exact) mass is 227 g/mol. The highest BCUT2D eigenvalue weighted by Gasteiger charge is 2.32. The third-order valence-electron chi connectivity index (χ3n) is 2.26. The predicted octanol–water partition coefficient (Wildman–Crippen LogP) is 2.92. The molecule has 0 fully saturated rings. The Kier molecular flexibility index (Phi) is 3.62. The van der Waals surface area contributed by atoms with Crippen molar-refractivity contribution in [3.05, 3.63) is 35.4 Å². The third kappa shape index (κ3) is 3.02. The van der Waals surface area contributed by atoms with Gasteiger partial charge >= 0.3 is 0 Å². The number of hydrogen-bond donors (Lipinski definition) is 1. The first-order chi connectivity index (χ1) is 7.33. The van der Waals surface area contributed by atoms with E-state index in [1.165, 1.54) is 24.3 Å². The molecule has 0 unspecified atom stereocenters. The summed E-state index contributed by atoms with van der Waals surface area (Å²) in [6.45, 7) is 3.48. The second-order valence-electron chi connectivity index (χ2n) is 4.24. The Morgan fingerprint density at radius 3 is 2.19 bits per heavy atom. The van der Waals surface area contributed by atoms with Gasteiger partial charge in [0.25, 0.3) is 5.92 Å². The van der Waals surface area contributed by atoms with Crippen molar-refractivity contribution in [3.63, 3.8) is 0 Å². The maximum atomic E-state index is 13.6. The van der Waals surface area contributed by atoms with Crippen LogP contribution in [-0.4, -0.2) is 5.91 Å². The Morgan fingerprint density at radius 2 is 1.81 bits per heavy atom. The fourth-order valence-corrected chi connectivity index (χ4v) is 1.51. The van der Waals surface area contributed by atoms with E-state index in [0.29, 0.717) is 0 Å². The van der Waals surface area contributed by atoms with Crippen LogP contribution in [0.1, 0.15) is 36.2 Å². The SMILES string of the molecule is CC(C)CC(F)(F)c1ccc(C(N)=O)cc1. The summed E-state index contributed by atoms with van der Waals surface area (Å²) in [5, 5.41) is 0. The zero-order chi connectivity index (χ0) is 12.3. The molecule has 0 saturated heterocycles. The lowest BCUT2D eigenvalue weighted by Crippen LogP contribution is -2.17. The van der Waals surface area contributed by atoms with Gasteiger partial charge in [-0.3, -0.25) is 4.79 Å². The maximum Gasteiger partial charge on any atom is 0.273 e. The van der Waals surface area contributed by atoms with Crippen molar-refractivity contribution in [1.82, 2.24) is 0 Å². The number of primary amides is 1. The van der Waals surface area contributed by atoms with Crippen LogP contribution in [0.15, 0.2) is 24.3 Å². The van der Waals surface area contributed by atoms with Crippen LogP contribution in [0.5, 0.6) is 0 Å². The van der Waals surface area contributed by atoms with Crippen LogP contribution in [0.4, 0.5) is 8.78 Å². The molecule has 0 aliphatic carbocycles. The summed E-state index contributed by atoms with van der Waals surface area (Å²) in [5.41, 5.74) is 5.19. The number of benzene rings is 1. The van der Waals surface area contributed by atoms with Crippen molar-refractivity contribution in [2.75, 3.05) is 0 Å². The van der Waals surface area contributed by atoms with Crippen LogP contribution < -0.4 is 5.73 Å². The van der Waals surface area contributed by atoms with E-state index in [1.54, 1.807) is 13.8 Å². The van der Waals surface area contributed by atoms with Gasteiger partial charge in [0.1, 0.15) is 0 Å². The van der Waals surface area contributed by atoms with Gasteiger partial charge in [-0.15, -0.1) is 0 Å².